The normalized spacial score (nSPS) is 14.4. The zero-order chi connectivity index (χ0) is 42.3. The molecule has 0 bridgehead atoms. The van der Waals surface area contributed by atoms with Gasteiger partial charge in [-0.05, 0) is 110 Å². The summed E-state index contributed by atoms with van der Waals surface area (Å²) >= 11 is 1.94. The second-order valence-corrected chi connectivity index (χ2v) is 22.9. The van der Waals surface area contributed by atoms with Crippen LogP contribution in [-0.2, 0) is 0 Å². The van der Waals surface area contributed by atoms with Gasteiger partial charge in [-0.15, -0.1) is 0 Å². The largest absolute Gasteiger partial charge is 0.311 e. The van der Waals surface area contributed by atoms with Crippen molar-refractivity contribution in [2.75, 3.05) is 9.80 Å². The number of hydrogen-bond donors (Lipinski definition) is 0. The molecule has 0 N–H and O–H groups in total. The predicted molar refractivity (Wildman–Crippen MR) is 270 cm³/mol. The molecule has 302 valence electrons. The lowest BCUT2D eigenvalue weighted by molar-refractivity contribution is 0.812. The van der Waals surface area contributed by atoms with E-state index in [2.05, 4.69) is 233 Å². The molecule has 2 nitrogen and oxygen atoms in total. The molecule has 0 atom stereocenters. The average Bonchev–Trinajstić information content (AvgIpc) is 3.30. The highest BCUT2D eigenvalue weighted by Gasteiger charge is 2.54. The monoisotopic (exact) mass is 834 g/mol. The van der Waals surface area contributed by atoms with E-state index >= 15 is 0 Å². The lowest BCUT2D eigenvalue weighted by Gasteiger charge is -2.50. The minimum absolute atomic E-state index is 0.145. The molecular formula is C57H51BN2SSi. The quantitative estimate of drug-likeness (QED) is 0.154. The molecule has 1 spiro atoms. The molecule has 0 amide bonds. The van der Waals surface area contributed by atoms with Crippen LogP contribution < -0.4 is 46.9 Å². The van der Waals surface area contributed by atoms with Crippen molar-refractivity contribution in [1.82, 2.24) is 0 Å². The van der Waals surface area contributed by atoms with Gasteiger partial charge in [0.05, 0.1) is 0 Å². The van der Waals surface area contributed by atoms with Gasteiger partial charge in [-0.25, -0.2) is 0 Å². The van der Waals surface area contributed by atoms with Gasteiger partial charge in [-0.1, -0.05) is 197 Å². The van der Waals surface area contributed by atoms with Crippen molar-refractivity contribution < 1.29 is 0 Å². The van der Waals surface area contributed by atoms with Crippen molar-refractivity contribution in [3.8, 4) is 0 Å². The van der Waals surface area contributed by atoms with E-state index in [4.69, 9.17) is 0 Å². The minimum atomic E-state index is -2.87. The third-order valence-electron chi connectivity index (χ3n) is 13.7. The zero-order valence-electron chi connectivity index (χ0n) is 36.4. The van der Waals surface area contributed by atoms with E-state index in [9.17, 15) is 0 Å². The maximum atomic E-state index is 2.57. The Hall–Kier alpha value is -6.01. The summed E-state index contributed by atoms with van der Waals surface area (Å²) in [6.45, 7) is 14.3. The molecular weight excluding hydrogens is 784 g/mol. The Morgan fingerprint density at radius 3 is 1.34 bits per heavy atom. The molecule has 0 saturated carbocycles. The Labute approximate surface area is 373 Å². The van der Waals surface area contributed by atoms with Gasteiger partial charge in [-0.2, -0.15) is 0 Å². The van der Waals surface area contributed by atoms with Crippen molar-refractivity contribution in [3.05, 3.63) is 199 Å². The highest BCUT2D eigenvalue weighted by molar-refractivity contribution is 8.00. The average molecular weight is 835 g/mol. The summed E-state index contributed by atoms with van der Waals surface area (Å²) in [6.07, 6.45) is 0. The van der Waals surface area contributed by atoms with Crippen molar-refractivity contribution in [3.63, 3.8) is 0 Å². The van der Waals surface area contributed by atoms with Crippen LogP contribution in [0.15, 0.2) is 192 Å². The summed E-state index contributed by atoms with van der Waals surface area (Å²) in [6, 6.07) is 69.6. The van der Waals surface area contributed by atoms with Crippen LogP contribution in [0.2, 0.25) is 0 Å². The number of anilines is 6. The van der Waals surface area contributed by atoms with Crippen LogP contribution in [0.4, 0.5) is 34.1 Å². The van der Waals surface area contributed by atoms with E-state index in [1.165, 1.54) is 97.7 Å². The van der Waals surface area contributed by atoms with Crippen LogP contribution >= 0.6 is 11.8 Å². The van der Waals surface area contributed by atoms with Crippen molar-refractivity contribution >= 4 is 97.8 Å². The smallest absolute Gasteiger partial charge is 0.244 e. The van der Waals surface area contributed by atoms with E-state index in [0.717, 1.165) is 0 Å². The summed E-state index contributed by atoms with van der Waals surface area (Å²) in [4.78, 5) is 7.75. The lowest BCUT2D eigenvalue weighted by Crippen LogP contribution is -2.79. The van der Waals surface area contributed by atoms with Crippen molar-refractivity contribution in [2.45, 2.75) is 69.1 Å². The first-order chi connectivity index (χ1) is 30.3. The van der Waals surface area contributed by atoms with Gasteiger partial charge in [0.2, 0.25) is 6.71 Å². The Morgan fingerprint density at radius 2 is 0.839 bits per heavy atom. The molecule has 0 fully saturated rings. The number of hydrogen-bond acceptors (Lipinski definition) is 3. The standard InChI is InChI=1S/C57H51BN2SSi/c1-37(2)40-34-43(38(3)4)57(44(35-40)39(5)6)58-45-22-10-15-27-51(45)61-52-36-42(32-33-46(52)58)60-49-25-13-18-30-55(49)62(56-31-19-14-26-50(56)60)53-28-16-11-23-47(53)59(41-20-8-7-9-21-41)48-24-12-17-29-54(48)62/h7-39H,1-6H3. The summed E-state index contributed by atoms with van der Waals surface area (Å²) in [5.74, 6) is 1.27. The summed E-state index contributed by atoms with van der Waals surface area (Å²) < 4.78 is 0. The second-order valence-electron chi connectivity index (χ2n) is 18.2. The van der Waals surface area contributed by atoms with Crippen LogP contribution in [0.1, 0.15) is 76.0 Å². The predicted octanol–water partition coefficient (Wildman–Crippen LogP) is 11.0. The topological polar surface area (TPSA) is 6.48 Å². The van der Waals surface area contributed by atoms with Gasteiger partial charge in [0.1, 0.15) is 0 Å². The third kappa shape index (κ3) is 5.78. The Bertz CT molecular complexity index is 2900. The molecule has 3 aliphatic rings. The molecule has 0 unspecified atom stereocenters. The lowest BCUT2D eigenvalue weighted by atomic mass is 9.34. The van der Waals surface area contributed by atoms with Crippen LogP contribution in [0.5, 0.6) is 0 Å². The number of para-hydroxylation sites is 5. The maximum Gasteiger partial charge on any atom is 0.244 e. The highest BCUT2D eigenvalue weighted by Crippen LogP contribution is 2.45. The van der Waals surface area contributed by atoms with E-state index in [0.29, 0.717) is 17.8 Å². The fourth-order valence-electron chi connectivity index (χ4n) is 10.9. The molecule has 3 heterocycles. The first-order valence-corrected chi connectivity index (χ1v) is 25.2. The molecule has 5 heteroatoms. The van der Waals surface area contributed by atoms with Gasteiger partial charge in [0, 0.05) is 43.9 Å². The number of benzene rings is 8. The minimum Gasteiger partial charge on any atom is -0.311 e. The fraction of sp³-hybridized carbons (Fsp3) is 0.158. The fourth-order valence-corrected chi connectivity index (χ4v) is 17.6. The van der Waals surface area contributed by atoms with E-state index in [-0.39, 0.29) is 6.71 Å². The first kappa shape index (κ1) is 38.9. The molecule has 3 aliphatic heterocycles. The van der Waals surface area contributed by atoms with Gasteiger partial charge in [0.15, 0.2) is 8.07 Å². The maximum absolute atomic E-state index is 2.87. The molecule has 62 heavy (non-hydrogen) atoms. The number of rotatable bonds is 6. The van der Waals surface area contributed by atoms with Gasteiger partial charge < -0.3 is 9.80 Å². The summed E-state index contributed by atoms with van der Waals surface area (Å²) in [5, 5.41) is 5.70. The second kappa shape index (κ2) is 15.1. The van der Waals surface area contributed by atoms with Gasteiger partial charge in [-0.3, -0.25) is 0 Å². The van der Waals surface area contributed by atoms with Crippen molar-refractivity contribution in [1.29, 1.82) is 0 Å². The SMILES string of the molecule is CC(C)c1cc(C(C)C)c(B2c3ccccc3Sc3cc(N4c5ccccc5[Si]5(c6ccccc6N(c6ccccc6)c6ccccc65)c5ccccc54)ccc32)c(C(C)C)c1. The van der Waals surface area contributed by atoms with Crippen molar-refractivity contribution in [2.24, 2.45) is 0 Å². The highest BCUT2D eigenvalue weighted by atomic mass is 32.2. The van der Waals surface area contributed by atoms with Crippen LogP contribution in [0.25, 0.3) is 0 Å². The van der Waals surface area contributed by atoms with Crippen LogP contribution in [0, 0.1) is 0 Å². The van der Waals surface area contributed by atoms with Gasteiger partial charge in [0.25, 0.3) is 0 Å². The molecule has 0 aliphatic carbocycles. The van der Waals surface area contributed by atoms with E-state index in [1.807, 2.05) is 11.8 Å². The van der Waals surface area contributed by atoms with Crippen LogP contribution in [-0.4, -0.2) is 14.8 Å². The molecule has 0 saturated heterocycles. The van der Waals surface area contributed by atoms with E-state index in [1.54, 1.807) is 0 Å². The zero-order valence-corrected chi connectivity index (χ0v) is 38.2. The Balaban J connectivity index is 1.13. The third-order valence-corrected chi connectivity index (χ3v) is 19.8. The van der Waals surface area contributed by atoms with Crippen LogP contribution in [0.3, 0.4) is 0 Å². The molecule has 8 aromatic carbocycles. The molecule has 0 aromatic heterocycles. The van der Waals surface area contributed by atoms with Gasteiger partial charge >= 0.3 is 0 Å². The number of nitrogens with zero attached hydrogens (tertiary/aromatic N) is 2. The summed E-state index contributed by atoms with van der Waals surface area (Å²) in [7, 11) is -2.87. The Kier molecular flexibility index (Phi) is 9.48. The van der Waals surface area contributed by atoms with E-state index < -0.39 is 8.07 Å². The first-order valence-electron chi connectivity index (χ1n) is 22.4. The summed E-state index contributed by atoms with van der Waals surface area (Å²) in [5.41, 5.74) is 16.2. The molecule has 11 rings (SSSR count). The molecule has 0 radical (unpaired) electrons. The number of fused-ring (bicyclic) bond motifs is 10. The molecule has 8 aromatic rings. The Morgan fingerprint density at radius 1 is 0.403 bits per heavy atom.